The number of morpholine rings is 1. The van der Waals surface area contributed by atoms with Gasteiger partial charge < -0.3 is 24.7 Å². The van der Waals surface area contributed by atoms with Gasteiger partial charge in [0.15, 0.2) is 18.3 Å². The Bertz CT molecular complexity index is 766. The van der Waals surface area contributed by atoms with Gasteiger partial charge in [-0.15, -0.1) is 0 Å². The molecule has 1 atom stereocenters. The number of carbonyl (C=O) groups is 1. The van der Waals surface area contributed by atoms with E-state index in [1.165, 1.54) is 32.1 Å². The van der Waals surface area contributed by atoms with Crippen LogP contribution in [0.4, 0.5) is 0 Å². The lowest BCUT2D eigenvalue weighted by molar-refractivity contribution is -0.960. The summed E-state index contributed by atoms with van der Waals surface area (Å²) < 4.78 is 11.2. The van der Waals surface area contributed by atoms with E-state index in [1.807, 2.05) is 30.3 Å². The summed E-state index contributed by atoms with van der Waals surface area (Å²) in [5, 5.41) is 5.35. The van der Waals surface area contributed by atoms with Crippen LogP contribution in [0.15, 0.2) is 53.1 Å². The van der Waals surface area contributed by atoms with E-state index in [0.717, 1.165) is 44.2 Å². The molecule has 0 bridgehead atoms. The van der Waals surface area contributed by atoms with Crippen molar-refractivity contribution in [1.29, 1.82) is 0 Å². The second kappa shape index (κ2) is 10.2. The number of hydrogen-bond donors (Lipinski definition) is 3. The standard InChI is InChI=1S/C24H33N3O3/c28-22(18-25-23(21-10-7-15-30-21)20-8-3-1-4-9-20)26-19-24(11-5-2-6-12-24)27-13-16-29-17-14-27/h1,3-4,7-10,15,23,25H,2,5-6,11-14,16-19H2,(H,26,28)/p+2/t23-/m0/s1. The molecule has 1 saturated heterocycles. The van der Waals surface area contributed by atoms with Crippen molar-refractivity contribution in [2.75, 3.05) is 39.4 Å². The van der Waals surface area contributed by atoms with Crippen molar-refractivity contribution >= 4 is 5.91 Å². The van der Waals surface area contributed by atoms with Crippen LogP contribution >= 0.6 is 0 Å². The van der Waals surface area contributed by atoms with Crippen molar-refractivity contribution in [2.45, 2.75) is 43.7 Å². The van der Waals surface area contributed by atoms with Gasteiger partial charge in [0.25, 0.3) is 5.91 Å². The molecule has 2 aromatic rings. The zero-order valence-electron chi connectivity index (χ0n) is 17.8. The third-order valence-corrected chi connectivity index (χ3v) is 6.83. The van der Waals surface area contributed by atoms with Gasteiger partial charge in [0.05, 0.1) is 26.0 Å². The topological polar surface area (TPSA) is 72.5 Å². The van der Waals surface area contributed by atoms with E-state index in [2.05, 4.69) is 22.8 Å². The molecule has 4 N–H and O–H groups in total. The van der Waals surface area contributed by atoms with Crippen LogP contribution in [0.5, 0.6) is 0 Å². The van der Waals surface area contributed by atoms with Crippen LogP contribution in [-0.4, -0.2) is 50.8 Å². The lowest BCUT2D eigenvalue weighted by Crippen LogP contribution is -3.23. The van der Waals surface area contributed by atoms with E-state index >= 15 is 0 Å². The van der Waals surface area contributed by atoms with Gasteiger partial charge in [-0.3, -0.25) is 4.79 Å². The summed E-state index contributed by atoms with van der Waals surface area (Å²) >= 11 is 0. The number of rotatable bonds is 8. The van der Waals surface area contributed by atoms with Crippen molar-refractivity contribution in [2.24, 2.45) is 0 Å². The first-order valence-corrected chi connectivity index (χ1v) is 11.4. The molecule has 1 aromatic heterocycles. The smallest absolute Gasteiger partial charge is 0.275 e. The Morgan fingerprint density at radius 1 is 1.07 bits per heavy atom. The van der Waals surface area contributed by atoms with Gasteiger partial charge in [0.2, 0.25) is 0 Å². The Labute approximate surface area is 179 Å². The summed E-state index contributed by atoms with van der Waals surface area (Å²) in [5.41, 5.74) is 1.32. The zero-order valence-corrected chi connectivity index (χ0v) is 17.8. The molecule has 4 rings (SSSR count). The maximum atomic E-state index is 12.8. The fraction of sp³-hybridized carbons (Fsp3) is 0.542. The van der Waals surface area contributed by atoms with Crippen molar-refractivity contribution in [3.05, 3.63) is 60.1 Å². The van der Waals surface area contributed by atoms with Gasteiger partial charge in [0.1, 0.15) is 18.6 Å². The lowest BCUT2D eigenvalue weighted by atomic mass is 9.79. The summed E-state index contributed by atoms with van der Waals surface area (Å²) in [6.07, 6.45) is 7.94. The number of furan rings is 1. The first-order valence-electron chi connectivity index (χ1n) is 11.4. The number of benzene rings is 1. The predicted molar refractivity (Wildman–Crippen MR) is 114 cm³/mol. The molecule has 1 aromatic carbocycles. The van der Waals surface area contributed by atoms with Crippen LogP contribution in [-0.2, 0) is 9.53 Å². The van der Waals surface area contributed by atoms with Crippen LogP contribution in [0.1, 0.15) is 49.5 Å². The zero-order chi connectivity index (χ0) is 20.7. The second-order valence-electron chi connectivity index (χ2n) is 8.68. The molecule has 2 fully saturated rings. The van der Waals surface area contributed by atoms with Crippen molar-refractivity contribution in [1.82, 2.24) is 5.32 Å². The largest absolute Gasteiger partial charge is 0.463 e. The molecule has 6 heteroatoms. The molecular weight excluding hydrogens is 378 g/mol. The van der Waals surface area contributed by atoms with Gasteiger partial charge in [0, 0.05) is 18.4 Å². The van der Waals surface area contributed by atoms with E-state index in [-0.39, 0.29) is 17.5 Å². The fourth-order valence-corrected chi connectivity index (χ4v) is 5.14. The molecule has 162 valence electrons. The number of nitrogens with one attached hydrogen (secondary N) is 2. The third-order valence-electron chi connectivity index (χ3n) is 6.83. The summed E-state index contributed by atoms with van der Waals surface area (Å²) in [4.78, 5) is 14.4. The van der Waals surface area contributed by atoms with Crippen LogP contribution in [0.25, 0.3) is 0 Å². The van der Waals surface area contributed by atoms with Gasteiger partial charge in [-0.25, -0.2) is 0 Å². The quantitative estimate of drug-likeness (QED) is 0.596. The molecule has 1 aliphatic heterocycles. The molecule has 1 aliphatic carbocycles. The Morgan fingerprint density at radius 2 is 1.83 bits per heavy atom. The van der Waals surface area contributed by atoms with Gasteiger partial charge >= 0.3 is 0 Å². The highest BCUT2D eigenvalue weighted by atomic mass is 16.5. The second-order valence-corrected chi connectivity index (χ2v) is 8.68. The van der Waals surface area contributed by atoms with E-state index in [4.69, 9.17) is 9.15 Å². The van der Waals surface area contributed by atoms with Crippen molar-refractivity contribution in [3.8, 4) is 0 Å². The van der Waals surface area contributed by atoms with Gasteiger partial charge in [-0.1, -0.05) is 36.8 Å². The molecule has 30 heavy (non-hydrogen) atoms. The first kappa shape index (κ1) is 21.1. The molecular formula is C24H35N3O3+2. The molecule has 2 heterocycles. The van der Waals surface area contributed by atoms with Crippen LogP contribution in [0.2, 0.25) is 0 Å². The molecule has 6 nitrogen and oxygen atoms in total. The monoisotopic (exact) mass is 413 g/mol. The minimum atomic E-state index is -0.0135. The summed E-state index contributed by atoms with van der Waals surface area (Å²) in [6.45, 7) is 4.93. The van der Waals surface area contributed by atoms with Crippen LogP contribution < -0.4 is 15.5 Å². The Hall–Kier alpha value is -2.15. The van der Waals surface area contributed by atoms with Crippen LogP contribution in [0, 0.1) is 0 Å². The molecule has 0 unspecified atom stereocenters. The van der Waals surface area contributed by atoms with E-state index in [9.17, 15) is 4.79 Å². The summed E-state index contributed by atoms with van der Waals surface area (Å²) in [7, 11) is 0. The number of amides is 1. The number of quaternary nitrogens is 2. The van der Waals surface area contributed by atoms with E-state index < -0.39 is 0 Å². The van der Waals surface area contributed by atoms with E-state index in [1.54, 1.807) is 11.2 Å². The summed E-state index contributed by atoms with van der Waals surface area (Å²) in [5.74, 6) is 0.968. The molecule has 1 saturated carbocycles. The Balaban J connectivity index is 1.36. The highest BCUT2D eigenvalue weighted by Gasteiger charge is 2.42. The van der Waals surface area contributed by atoms with Crippen LogP contribution in [0.3, 0.4) is 0 Å². The Morgan fingerprint density at radius 3 is 2.53 bits per heavy atom. The maximum absolute atomic E-state index is 12.8. The SMILES string of the molecule is O=C(C[NH2+][C@@H](c1ccccc1)c1ccco1)NCC1([NH+]2CCOCC2)CCCCC1. The van der Waals surface area contributed by atoms with Gasteiger partial charge in [-0.05, 0) is 25.0 Å². The third kappa shape index (κ3) is 5.12. The number of nitrogens with two attached hydrogens (primary N) is 1. The normalized spacial score (nSPS) is 20.5. The van der Waals surface area contributed by atoms with Gasteiger partial charge in [-0.2, -0.15) is 0 Å². The first-order chi connectivity index (χ1) is 14.8. The number of hydrogen-bond acceptors (Lipinski definition) is 3. The predicted octanol–water partition coefficient (Wildman–Crippen LogP) is 0.667. The van der Waals surface area contributed by atoms with E-state index in [0.29, 0.717) is 6.54 Å². The van der Waals surface area contributed by atoms with Crippen molar-refractivity contribution < 1.29 is 24.2 Å². The lowest BCUT2D eigenvalue weighted by Gasteiger charge is -2.44. The summed E-state index contributed by atoms with van der Waals surface area (Å²) in [6, 6.07) is 14.1. The number of carbonyl (C=O) groups excluding carboxylic acids is 1. The minimum absolute atomic E-state index is 0.0135. The molecule has 2 aliphatic rings. The average Bonchev–Trinajstić information content (AvgIpc) is 3.34. The minimum Gasteiger partial charge on any atom is -0.463 e. The fourth-order valence-electron chi connectivity index (χ4n) is 5.14. The number of ether oxygens (including phenoxy) is 1. The van der Waals surface area contributed by atoms with Crippen molar-refractivity contribution in [3.63, 3.8) is 0 Å². The highest BCUT2D eigenvalue weighted by molar-refractivity contribution is 5.76. The molecule has 0 spiro atoms. The maximum Gasteiger partial charge on any atom is 0.275 e. The molecule has 0 radical (unpaired) electrons. The average molecular weight is 414 g/mol. The Kier molecular flexibility index (Phi) is 7.20. The molecule has 1 amide bonds. The highest BCUT2D eigenvalue weighted by Crippen LogP contribution is 2.25.